The summed E-state index contributed by atoms with van der Waals surface area (Å²) in [5.74, 6) is -0.831. The Labute approximate surface area is 126 Å². The number of nitrogens with zero attached hydrogens (tertiary/aromatic N) is 1. The molecule has 2 N–H and O–H groups in total. The van der Waals surface area contributed by atoms with Crippen LogP contribution in [0.15, 0.2) is 0 Å². The van der Waals surface area contributed by atoms with Gasteiger partial charge in [0, 0.05) is 19.1 Å². The van der Waals surface area contributed by atoms with Crippen molar-refractivity contribution >= 4 is 12.1 Å². The Morgan fingerprint density at radius 3 is 2.19 bits per heavy atom. The standard InChI is InChI=1S/C15H28N2O4/c1-10(13(18)19)16-11-6-8-12(9-7-11)17(5)14(20)21-15(2,3)4/h10-12,16H,6-9H2,1-5H3,(H,18,19). The first-order valence-corrected chi connectivity index (χ1v) is 7.55. The normalized spacial score (nSPS) is 24.2. The molecule has 0 aromatic rings. The topological polar surface area (TPSA) is 78.9 Å². The van der Waals surface area contributed by atoms with Crippen LogP contribution in [0, 0.1) is 0 Å². The minimum absolute atomic E-state index is 0.165. The van der Waals surface area contributed by atoms with Crippen molar-refractivity contribution in [3.8, 4) is 0 Å². The Bertz CT molecular complexity index is 370. The lowest BCUT2D eigenvalue weighted by molar-refractivity contribution is -0.139. The molecule has 6 nitrogen and oxygen atoms in total. The molecule has 1 atom stereocenters. The Morgan fingerprint density at radius 1 is 1.24 bits per heavy atom. The van der Waals surface area contributed by atoms with Crippen molar-refractivity contribution in [3.05, 3.63) is 0 Å². The second-order valence-electron chi connectivity index (χ2n) is 6.82. The van der Waals surface area contributed by atoms with E-state index >= 15 is 0 Å². The molecule has 1 aliphatic carbocycles. The first kappa shape index (κ1) is 17.8. The average Bonchev–Trinajstić information content (AvgIpc) is 2.36. The molecule has 0 spiro atoms. The van der Waals surface area contributed by atoms with Crippen LogP contribution in [-0.2, 0) is 9.53 Å². The molecule has 0 bridgehead atoms. The maximum absolute atomic E-state index is 12.0. The molecule has 1 aliphatic rings. The van der Waals surface area contributed by atoms with Crippen LogP contribution in [0.2, 0.25) is 0 Å². The van der Waals surface area contributed by atoms with E-state index in [2.05, 4.69) is 5.32 Å². The van der Waals surface area contributed by atoms with Crippen LogP contribution >= 0.6 is 0 Å². The predicted octanol–water partition coefficient (Wildman–Crippen LogP) is 2.23. The third-order valence-electron chi connectivity index (χ3n) is 3.78. The van der Waals surface area contributed by atoms with Crippen molar-refractivity contribution in [2.24, 2.45) is 0 Å². The number of aliphatic carboxylic acids is 1. The summed E-state index contributed by atoms with van der Waals surface area (Å²) in [5.41, 5.74) is -0.485. The van der Waals surface area contributed by atoms with E-state index in [9.17, 15) is 9.59 Å². The minimum Gasteiger partial charge on any atom is -0.480 e. The van der Waals surface area contributed by atoms with E-state index in [4.69, 9.17) is 9.84 Å². The van der Waals surface area contributed by atoms with Gasteiger partial charge in [0.05, 0.1) is 0 Å². The number of carbonyl (C=O) groups is 2. The zero-order valence-electron chi connectivity index (χ0n) is 13.7. The number of hydrogen-bond acceptors (Lipinski definition) is 4. The maximum Gasteiger partial charge on any atom is 0.410 e. The highest BCUT2D eigenvalue weighted by Crippen LogP contribution is 2.24. The highest BCUT2D eigenvalue weighted by molar-refractivity contribution is 5.72. The summed E-state index contributed by atoms with van der Waals surface area (Å²) in [6.45, 7) is 7.22. The van der Waals surface area contributed by atoms with E-state index in [0.29, 0.717) is 0 Å². The summed E-state index contributed by atoms with van der Waals surface area (Å²) in [6, 6.07) is -0.160. The molecule has 0 heterocycles. The minimum atomic E-state index is -0.831. The lowest BCUT2D eigenvalue weighted by atomic mass is 9.90. The van der Waals surface area contributed by atoms with E-state index in [1.807, 2.05) is 20.8 Å². The van der Waals surface area contributed by atoms with Crippen LogP contribution in [0.3, 0.4) is 0 Å². The van der Waals surface area contributed by atoms with E-state index in [-0.39, 0.29) is 18.2 Å². The van der Waals surface area contributed by atoms with Gasteiger partial charge in [0.15, 0.2) is 0 Å². The molecule has 0 aromatic carbocycles. The molecule has 1 amide bonds. The number of amides is 1. The fourth-order valence-corrected chi connectivity index (χ4v) is 2.54. The summed E-state index contributed by atoms with van der Waals surface area (Å²) in [7, 11) is 1.77. The van der Waals surface area contributed by atoms with Gasteiger partial charge in [0.2, 0.25) is 0 Å². The van der Waals surface area contributed by atoms with Crippen molar-refractivity contribution in [2.75, 3.05) is 7.05 Å². The molecule has 0 aliphatic heterocycles. The van der Waals surface area contributed by atoms with Gasteiger partial charge < -0.3 is 20.1 Å². The van der Waals surface area contributed by atoms with E-state index < -0.39 is 17.6 Å². The first-order valence-electron chi connectivity index (χ1n) is 7.55. The molecule has 21 heavy (non-hydrogen) atoms. The number of hydrogen-bond donors (Lipinski definition) is 2. The van der Waals surface area contributed by atoms with Gasteiger partial charge in [-0.25, -0.2) is 4.79 Å². The van der Waals surface area contributed by atoms with E-state index in [1.165, 1.54) is 0 Å². The van der Waals surface area contributed by atoms with Crippen LogP contribution in [0.5, 0.6) is 0 Å². The molecule has 1 saturated carbocycles. The summed E-state index contributed by atoms with van der Waals surface area (Å²) >= 11 is 0. The molecular formula is C15H28N2O4. The van der Waals surface area contributed by atoms with Crippen LogP contribution in [0.25, 0.3) is 0 Å². The Morgan fingerprint density at radius 2 is 1.76 bits per heavy atom. The monoisotopic (exact) mass is 300 g/mol. The lowest BCUT2D eigenvalue weighted by Crippen LogP contribution is -2.47. The fraction of sp³-hybridized carbons (Fsp3) is 0.867. The predicted molar refractivity (Wildman–Crippen MR) is 80.3 cm³/mol. The van der Waals surface area contributed by atoms with Gasteiger partial charge in [-0.15, -0.1) is 0 Å². The SMILES string of the molecule is CC(NC1CCC(N(C)C(=O)OC(C)(C)C)CC1)C(=O)O. The number of nitrogens with one attached hydrogen (secondary N) is 1. The maximum atomic E-state index is 12.0. The van der Waals surface area contributed by atoms with Crippen LogP contribution < -0.4 is 5.32 Å². The van der Waals surface area contributed by atoms with Crippen molar-refractivity contribution in [1.29, 1.82) is 0 Å². The Kier molecular flexibility index (Phi) is 6.01. The molecule has 0 radical (unpaired) electrons. The third-order valence-corrected chi connectivity index (χ3v) is 3.78. The second-order valence-corrected chi connectivity index (χ2v) is 6.82. The van der Waals surface area contributed by atoms with E-state index in [0.717, 1.165) is 25.7 Å². The van der Waals surface area contributed by atoms with Crippen LogP contribution in [0.1, 0.15) is 53.4 Å². The molecule has 122 valence electrons. The second kappa shape index (κ2) is 7.11. The van der Waals surface area contributed by atoms with Crippen molar-refractivity contribution in [1.82, 2.24) is 10.2 Å². The first-order chi connectivity index (χ1) is 9.60. The zero-order valence-corrected chi connectivity index (χ0v) is 13.7. The summed E-state index contributed by atoms with van der Waals surface area (Å²) in [4.78, 5) is 24.5. The molecule has 1 unspecified atom stereocenters. The zero-order chi connectivity index (χ0) is 16.2. The van der Waals surface area contributed by atoms with E-state index in [1.54, 1.807) is 18.9 Å². The Hall–Kier alpha value is -1.30. The van der Waals surface area contributed by atoms with Gasteiger partial charge in [-0.1, -0.05) is 0 Å². The van der Waals surface area contributed by atoms with Gasteiger partial charge >= 0.3 is 12.1 Å². The third kappa shape index (κ3) is 5.91. The highest BCUT2D eigenvalue weighted by Gasteiger charge is 2.30. The van der Waals surface area contributed by atoms with Crippen LogP contribution in [-0.4, -0.2) is 52.8 Å². The van der Waals surface area contributed by atoms with Gasteiger partial charge in [0.1, 0.15) is 11.6 Å². The molecule has 1 rings (SSSR count). The fourth-order valence-electron chi connectivity index (χ4n) is 2.54. The number of rotatable bonds is 4. The van der Waals surface area contributed by atoms with Gasteiger partial charge in [-0.05, 0) is 53.4 Å². The molecule has 0 aromatic heterocycles. The number of carboxylic acids is 1. The number of carbonyl (C=O) groups excluding carboxylic acids is 1. The summed E-state index contributed by atoms with van der Waals surface area (Å²) < 4.78 is 5.37. The van der Waals surface area contributed by atoms with Crippen molar-refractivity contribution < 1.29 is 19.4 Å². The lowest BCUT2D eigenvalue weighted by Gasteiger charge is -2.36. The smallest absolute Gasteiger partial charge is 0.410 e. The van der Waals surface area contributed by atoms with Gasteiger partial charge in [-0.3, -0.25) is 4.79 Å². The molecule has 1 fully saturated rings. The van der Waals surface area contributed by atoms with Crippen molar-refractivity contribution in [2.45, 2.75) is 77.1 Å². The summed E-state index contributed by atoms with van der Waals surface area (Å²) in [5, 5.41) is 12.0. The number of ether oxygens (including phenoxy) is 1. The highest BCUT2D eigenvalue weighted by atomic mass is 16.6. The molecule has 6 heteroatoms. The van der Waals surface area contributed by atoms with Gasteiger partial charge in [0.25, 0.3) is 0 Å². The number of carboxylic acid groups (broad SMARTS) is 1. The quantitative estimate of drug-likeness (QED) is 0.832. The van der Waals surface area contributed by atoms with Crippen molar-refractivity contribution in [3.63, 3.8) is 0 Å². The largest absolute Gasteiger partial charge is 0.480 e. The van der Waals surface area contributed by atoms with Crippen LogP contribution in [0.4, 0.5) is 4.79 Å². The average molecular weight is 300 g/mol. The summed E-state index contributed by atoms with van der Waals surface area (Å²) in [6.07, 6.45) is 3.17. The molecular weight excluding hydrogens is 272 g/mol. The molecule has 0 saturated heterocycles. The Balaban J connectivity index is 2.42. The van der Waals surface area contributed by atoms with Gasteiger partial charge in [-0.2, -0.15) is 0 Å².